The molecule has 0 saturated heterocycles. The Morgan fingerprint density at radius 3 is 2.33 bits per heavy atom. The fraction of sp³-hybridized carbons (Fsp3) is 0.143. The van der Waals surface area contributed by atoms with Crippen LogP contribution < -0.4 is 29.6 Å². The van der Waals surface area contributed by atoms with Crippen LogP contribution in [0.1, 0.15) is 0 Å². The summed E-state index contributed by atoms with van der Waals surface area (Å²) in [5.74, 6) is 3.39. The molecule has 6 aromatic rings. The minimum Gasteiger partial charge on any atom is -0.497 e. The Labute approximate surface area is 228 Å². The molecule has 12 heteroatoms. The zero-order valence-corrected chi connectivity index (χ0v) is 22.2. The summed E-state index contributed by atoms with van der Waals surface area (Å²) in [6, 6.07) is 17.2. The lowest BCUT2D eigenvalue weighted by molar-refractivity contribution is 0.324. The van der Waals surface area contributed by atoms with E-state index in [1.54, 1.807) is 40.6 Å². The molecule has 3 aromatic heterocycles. The predicted octanol–water partition coefficient (Wildman–Crippen LogP) is 5.21. The monoisotopic (exact) mass is 538 g/mol. The van der Waals surface area contributed by atoms with E-state index in [0.29, 0.717) is 52.0 Å². The number of benzene rings is 3. The second kappa shape index (κ2) is 10.3. The molecule has 0 radical (unpaired) electrons. The van der Waals surface area contributed by atoms with E-state index < -0.39 is 0 Å². The number of rotatable bonds is 9. The van der Waals surface area contributed by atoms with Gasteiger partial charge in [0.2, 0.25) is 23.6 Å². The first-order valence-corrected chi connectivity index (χ1v) is 12.3. The molecule has 0 unspecified atom stereocenters. The van der Waals surface area contributed by atoms with Gasteiger partial charge in [-0.25, -0.2) is 19.5 Å². The van der Waals surface area contributed by atoms with E-state index in [-0.39, 0.29) is 0 Å². The average molecular weight is 539 g/mol. The molecule has 12 nitrogen and oxygen atoms in total. The van der Waals surface area contributed by atoms with Crippen LogP contribution in [0.25, 0.3) is 27.9 Å². The number of fused-ring (bicyclic) bond motifs is 2. The Bertz CT molecular complexity index is 1810. The molecule has 40 heavy (non-hydrogen) atoms. The van der Waals surface area contributed by atoms with Gasteiger partial charge in [-0.1, -0.05) is 0 Å². The van der Waals surface area contributed by atoms with Crippen LogP contribution in [0.3, 0.4) is 0 Å². The third kappa shape index (κ3) is 4.51. The first-order chi connectivity index (χ1) is 19.6. The van der Waals surface area contributed by atoms with Gasteiger partial charge in [0.25, 0.3) is 0 Å². The van der Waals surface area contributed by atoms with Crippen LogP contribution in [0.4, 0.5) is 23.3 Å². The van der Waals surface area contributed by atoms with Crippen LogP contribution in [0.15, 0.2) is 67.1 Å². The molecule has 0 bridgehead atoms. The number of nitrogens with zero attached hydrogens (tertiary/aromatic N) is 5. The zero-order chi connectivity index (χ0) is 27.6. The van der Waals surface area contributed by atoms with Crippen molar-refractivity contribution >= 4 is 45.2 Å². The molecule has 0 fully saturated rings. The summed E-state index contributed by atoms with van der Waals surface area (Å²) in [4.78, 5) is 21.5. The second-order valence-electron chi connectivity index (χ2n) is 8.68. The van der Waals surface area contributed by atoms with Crippen LogP contribution in [0, 0.1) is 0 Å². The Morgan fingerprint density at radius 1 is 0.750 bits per heavy atom. The van der Waals surface area contributed by atoms with Gasteiger partial charge in [0.05, 0.1) is 39.5 Å². The fourth-order valence-corrected chi connectivity index (χ4v) is 4.47. The van der Waals surface area contributed by atoms with Crippen molar-refractivity contribution in [2.75, 3.05) is 39.1 Å². The SMILES string of the molecule is COc1ccc2c(c1)nc(Nc1ccc3[nH]ccc3c1)n2-c1ncnc(Nc2cc(OC)c(OC)c(OC)c2)n1. The molecular weight excluding hydrogens is 512 g/mol. The molecular formula is C28H26N8O4. The first kappa shape index (κ1) is 24.8. The fourth-order valence-electron chi connectivity index (χ4n) is 4.47. The number of methoxy groups -OCH3 is 4. The molecule has 6 rings (SSSR count). The number of nitrogens with one attached hydrogen (secondary N) is 3. The number of aromatic nitrogens is 6. The highest BCUT2D eigenvalue weighted by Gasteiger charge is 2.18. The molecule has 3 aromatic carbocycles. The minimum absolute atomic E-state index is 0.314. The maximum absolute atomic E-state index is 5.47. The number of imidazole rings is 1. The highest BCUT2D eigenvalue weighted by atomic mass is 16.5. The molecule has 0 amide bonds. The van der Waals surface area contributed by atoms with Crippen molar-refractivity contribution in [1.82, 2.24) is 29.5 Å². The van der Waals surface area contributed by atoms with Crippen molar-refractivity contribution in [3.63, 3.8) is 0 Å². The molecule has 0 aliphatic rings. The summed E-state index contributed by atoms with van der Waals surface area (Å²) < 4.78 is 23.6. The van der Waals surface area contributed by atoms with Crippen LogP contribution in [0.2, 0.25) is 0 Å². The second-order valence-corrected chi connectivity index (χ2v) is 8.68. The van der Waals surface area contributed by atoms with Gasteiger partial charge in [-0.2, -0.15) is 4.98 Å². The third-order valence-corrected chi connectivity index (χ3v) is 6.35. The number of hydrogen-bond donors (Lipinski definition) is 3. The third-order valence-electron chi connectivity index (χ3n) is 6.35. The van der Waals surface area contributed by atoms with Crippen LogP contribution in [-0.2, 0) is 0 Å². The lowest BCUT2D eigenvalue weighted by Gasteiger charge is -2.15. The summed E-state index contributed by atoms with van der Waals surface area (Å²) in [5, 5.41) is 7.70. The maximum atomic E-state index is 5.47. The Kier molecular flexibility index (Phi) is 6.40. The van der Waals surface area contributed by atoms with Gasteiger partial charge in [-0.3, -0.25) is 0 Å². The molecule has 3 heterocycles. The van der Waals surface area contributed by atoms with Gasteiger partial charge in [0, 0.05) is 46.7 Å². The van der Waals surface area contributed by atoms with Crippen molar-refractivity contribution in [3.8, 4) is 28.9 Å². The standard InChI is InChI=1S/C28H26N8O4/c1-37-19-6-8-22-21(14-19)34-28(33-17-5-7-20-16(11-17)9-10-29-20)36(22)27-31-15-30-26(35-27)32-18-12-23(38-2)25(40-4)24(13-18)39-3/h5-15,29H,1-4H3,(H,33,34)(H,30,31,32,35). The van der Waals surface area contributed by atoms with E-state index >= 15 is 0 Å². The van der Waals surface area contributed by atoms with Gasteiger partial charge in [-0.05, 0) is 36.4 Å². The van der Waals surface area contributed by atoms with E-state index in [9.17, 15) is 0 Å². The van der Waals surface area contributed by atoms with Crippen molar-refractivity contribution in [3.05, 3.63) is 67.1 Å². The maximum Gasteiger partial charge on any atom is 0.241 e. The Balaban J connectivity index is 1.41. The smallest absolute Gasteiger partial charge is 0.241 e. The van der Waals surface area contributed by atoms with Gasteiger partial charge in [-0.15, -0.1) is 0 Å². The topological polar surface area (TPSA) is 133 Å². The number of hydrogen-bond acceptors (Lipinski definition) is 10. The van der Waals surface area contributed by atoms with Crippen molar-refractivity contribution in [2.24, 2.45) is 0 Å². The number of ether oxygens (including phenoxy) is 4. The number of H-pyrrole nitrogens is 1. The van der Waals surface area contributed by atoms with Gasteiger partial charge in [0.1, 0.15) is 12.1 Å². The highest BCUT2D eigenvalue weighted by Crippen LogP contribution is 2.40. The summed E-state index contributed by atoms with van der Waals surface area (Å²) in [5.41, 5.74) is 4.05. The van der Waals surface area contributed by atoms with Gasteiger partial charge >= 0.3 is 0 Å². The van der Waals surface area contributed by atoms with Gasteiger partial charge in [0.15, 0.2) is 11.5 Å². The average Bonchev–Trinajstić information content (AvgIpc) is 3.60. The lowest BCUT2D eigenvalue weighted by atomic mass is 10.2. The largest absolute Gasteiger partial charge is 0.497 e. The molecule has 0 aliphatic heterocycles. The van der Waals surface area contributed by atoms with Crippen molar-refractivity contribution < 1.29 is 18.9 Å². The lowest BCUT2D eigenvalue weighted by Crippen LogP contribution is -2.08. The number of anilines is 4. The zero-order valence-electron chi connectivity index (χ0n) is 22.2. The molecule has 0 aliphatic carbocycles. The summed E-state index contributed by atoms with van der Waals surface area (Å²) in [6.07, 6.45) is 3.34. The quantitative estimate of drug-likeness (QED) is 0.225. The molecule has 3 N–H and O–H groups in total. The summed E-state index contributed by atoms with van der Waals surface area (Å²) >= 11 is 0. The van der Waals surface area contributed by atoms with E-state index in [2.05, 4.69) is 25.6 Å². The van der Waals surface area contributed by atoms with Crippen LogP contribution in [-0.4, -0.2) is 57.9 Å². The molecule has 202 valence electrons. The minimum atomic E-state index is 0.314. The Morgan fingerprint density at radius 2 is 1.57 bits per heavy atom. The number of aromatic amines is 1. The Hall–Kier alpha value is -5.52. The summed E-state index contributed by atoms with van der Waals surface area (Å²) in [7, 11) is 6.29. The van der Waals surface area contributed by atoms with Crippen LogP contribution in [0.5, 0.6) is 23.0 Å². The highest BCUT2D eigenvalue weighted by molar-refractivity contribution is 5.86. The molecule has 0 atom stereocenters. The normalized spacial score (nSPS) is 11.0. The first-order valence-electron chi connectivity index (χ1n) is 12.3. The van der Waals surface area contributed by atoms with E-state index in [0.717, 1.165) is 22.1 Å². The van der Waals surface area contributed by atoms with Crippen molar-refractivity contribution in [1.29, 1.82) is 0 Å². The van der Waals surface area contributed by atoms with E-state index in [4.69, 9.17) is 28.9 Å². The predicted molar refractivity (Wildman–Crippen MR) is 152 cm³/mol. The van der Waals surface area contributed by atoms with Crippen molar-refractivity contribution in [2.45, 2.75) is 0 Å². The van der Waals surface area contributed by atoms with E-state index in [1.807, 2.05) is 53.2 Å². The van der Waals surface area contributed by atoms with Crippen LogP contribution >= 0.6 is 0 Å². The molecule has 0 saturated carbocycles. The summed E-state index contributed by atoms with van der Waals surface area (Å²) in [6.45, 7) is 0. The molecule has 0 spiro atoms. The van der Waals surface area contributed by atoms with Gasteiger partial charge < -0.3 is 34.6 Å². The van der Waals surface area contributed by atoms with E-state index in [1.165, 1.54) is 6.33 Å².